The van der Waals surface area contributed by atoms with E-state index in [9.17, 15) is 9.59 Å². The van der Waals surface area contributed by atoms with Crippen LogP contribution in [0.1, 0.15) is 25.3 Å². The average molecular weight is 375 g/mol. The van der Waals surface area contributed by atoms with E-state index in [-0.39, 0.29) is 11.5 Å². The number of hydrogen-bond acceptors (Lipinski definition) is 4. The highest BCUT2D eigenvalue weighted by atomic mass is 32.1. The number of carbonyl (C=O) groups excluding carboxylic acids is 1. The monoisotopic (exact) mass is 375 g/mol. The molecule has 0 unspecified atom stereocenters. The Hall–Kier alpha value is -2.99. The molecule has 6 heteroatoms. The minimum Gasteiger partial charge on any atom is -0.308 e. The number of thiazole rings is 1. The number of para-hydroxylation sites is 3. The van der Waals surface area contributed by atoms with Gasteiger partial charge in [0.05, 0.1) is 22.3 Å². The Balaban J connectivity index is 1.83. The van der Waals surface area contributed by atoms with Crippen LogP contribution < -0.4 is 15.0 Å². The number of anilines is 1. The Bertz CT molecular complexity index is 1320. The lowest BCUT2D eigenvalue weighted by molar-refractivity contribution is -0.113. The number of carbonyl (C=O) groups is 1. The fourth-order valence-electron chi connectivity index (χ4n) is 3.70. The van der Waals surface area contributed by atoms with Crippen LogP contribution in [0.3, 0.4) is 0 Å². The summed E-state index contributed by atoms with van der Waals surface area (Å²) < 4.78 is 2.09. The minimum absolute atomic E-state index is 0.0874. The SMILES string of the molecule is CCCCN1C(=O)/C(=c2/sc3nc4ccccc4n3c2=O)c2ccccc21. The van der Waals surface area contributed by atoms with Gasteiger partial charge in [-0.3, -0.25) is 9.59 Å². The summed E-state index contributed by atoms with van der Waals surface area (Å²) in [6, 6.07) is 15.3. The predicted molar refractivity (Wildman–Crippen MR) is 108 cm³/mol. The number of fused-ring (bicyclic) bond motifs is 4. The first-order valence-electron chi connectivity index (χ1n) is 9.06. The molecule has 2 aromatic heterocycles. The van der Waals surface area contributed by atoms with Crippen LogP contribution >= 0.6 is 11.3 Å². The fraction of sp³-hybridized carbons (Fsp3) is 0.190. The first kappa shape index (κ1) is 16.2. The van der Waals surface area contributed by atoms with Gasteiger partial charge in [0.2, 0.25) is 0 Å². The average Bonchev–Trinajstić information content (AvgIpc) is 3.29. The van der Waals surface area contributed by atoms with Crippen molar-refractivity contribution < 1.29 is 4.79 Å². The normalized spacial score (nSPS) is 15.9. The van der Waals surface area contributed by atoms with Crippen molar-refractivity contribution in [3.63, 3.8) is 0 Å². The van der Waals surface area contributed by atoms with E-state index in [1.54, 1.807) is 9.30 Å². The molecule has 27 heavy (non-hydrogen) atoms. The highest BCUT2D eigenvalue weighted by Gasteiger charge is 2.33. The standard InChI is InChI=1S/C21H17N3O2S/c1-2-3-12-23-15-10-6-4-8-13(15)17(19(23)25)18-20(26)24-16-11-7-5-9-14(16)22-21(24)27-18/h4-11H,2-3,12H2,1H3/b18-17+. The first-order valence-corrected chi connectivity index (χ1v) is 9.88. The summed E-state index contributed by atoms with van der Waals surface area (Å²) in [4.78, 5) is 33.4. The summed E-state index contributed by atoms with van der Waals surface area (Å²) in [7, 11) is 0. The van der Waals surface area contributed by atoms with Crippen LogP contribution in [0.25, 0.3) is 21.6 Å². The van der Waals surface area contributed by atoms with E-state index in [1.807, 2.05) is 48.5 Å². The van der Waals surface area contributed by atoms with Gasteiger partial charge in [-0.2, -0.15) is 0 Å². The Morgan fingerprint density at radius 2 is 1.81 bits per heavy atom. The summed E-state index contributed by atoms with van der Waals surface area (Å²) in [5, 5.41) is 0. The second-order valence-electron chi connectivity index (χ2n) is 6.66. The largest absolute Gasteiger partial charge is 0.308 e. The van der Waals surface area contributed by atoms with E-state index in [0.717, 1.165) is 35.1 Å². The molecule has 3 heterocycles. The lowest BCUT2D eigenvalue weighted by Crippen LogP contribution is -2.32. The van der Waals surface area contributed by atoms with Crippen molar-refractivity contribution in [2.75, 3.05) is 11.4 Å². The molecule has 1 amide bonds. The molecule has 0 saturated heterocycles. The Kier molecular flexibility index (Phi) is 3.62. The molecule has 4 aromatic rings. The van der Waals surface area contributed by atoms with Crippen LogP contribution in [-0.4, -0.2) is 21.8 Å². The van der Waals surface area contributed by atoms with E-state index < -0.39 is 0 Å². The number of benzene rings is 2. The number of imidazole rings is 1. The van der Waals surface area contributed by atoms with Crippen molar-refractivity contribution in [3.05, 3.63) is 69.0 Å². The van der Waals surface area contributed by atoms with Gasteiger partial charge in [-0.05, 0) is 24.6 Å². The second-order valence-corrected chi connectivity index (χ2v) is 7.63. The van der Waals surface area contributed by atoms with Gasteiger partial charge in [0.15, 0.2) is 4.96 Å². The van der Waals surface area contributed by atoms with Crippen LogP contribution in [-0.2, 0) is 4.79 Å². The van der Waals surface area contributed by atoms with E-state index >= 15 is 0 Å². The van der Waals surface area contributed by atoms with E-state index in [4.69, 9.17) is 0 Å². The number of nitrogens with zero attached hydrogens (tertiary/aromatic N) is 3. The molecule has 0 spiro atoms. The van der Waals surface area contributed by atoms with E-state index in [0.29, 0.717) is 21.6 Å². The third-order valence-corrected chi connectivity index (χ3v) is 6.05. The smallest absolute Gasteiger partial charge is 0.275 e. The molecule has 1 aliphatic rings. The second kappa shape index (κ2) is 6.03. The van der Waals surface area contributed by atoms with Crippen LogP contribution in [0.4, 0.5) is 5.69 Å². The number of aromatic nitrogens is 2. The molecule has 0 atom stereocenters. The molecule has 0 bridgehead atoms. The molecule has 1 aliphatic heterocycles. The van der Waals surface area contributed by atoms with Crippen molar-refractivity contribution in [3.8, 4) is 0 Å². The highest BCUT2D eigenvalue weighted by Crippen LogP contribution is 2.35. The number of rotatable bonds is 3. The van der Waals surface area contributed by atoms with Gasteiger partial charge >= 0.3 is 0 Å². The molecule has 5 nitrogen and oxygen atoms in total. The van der Waals surface area contributed by atoms with Crippen molar-refractivity contribution in [2.45, 2.75) is 19.8 Å². The predicted octanol–water partition coefficient (Wildman–Crippen LogP) is 2.97. The number of amides is 1. The van der Waals surface area contributed by atoms with Gasteiger partial charge < -0.3 is 4.90 Å². The van der Waals surface area contributed by atoms with Gasteiger partial charge in [-0.1, -0.05) is 55.0 Å². The molecular formula is C21H17N3O2S. The highest BCUT2D eigenvalue weighted by molar-refractivity contribution is 7.15. The van der Waals surface area contributed by atoms with Gasteiger partial charge in [-0.15, -0.1) is 0 Å². The molecule has 0 radical (unpaired) electrons. The summed E-state index contributed by atoms with van der Waals surface area (Å²) in [5.74, 6) is -0.0874. The van der Waals surface area contributed by atoms with Gasteiger partial charge in [-0.25, -0.2) is 9.38 Å². The van der Waals surface area contributed by atoms with Gasteiger partial charge in [0.25, 0.3) is 11.5 Å². The molecule has 0 N–H and O–H groups in total. The molecular weight excluding hydrogens is 358 g/mol. The molecule has 0 aliphatic carbocycles. The third-order valence-electron chi connectivity index (χ3n) is 5.01. The molecule has 5 rings (SSSR count). The summed E-state index contributed by atoms with van der Waals surface area (Å²) in [5.41, 5.74) is 3.64. The molecule has 134 valence electrons. The zero-order valence-electron chi connectivity index (χ0n) is 14.8. The molecule has 2 aromatic carbocycles. The van der Waals surface area contributed by atoms with Crippen LogP contribution in [0, 0.1) is 0 Å². The first-order chi connectivity index (χ1) is 13.2. The maximum absolute atomic E-state index is 13.2. The van der Waals surface area contributed by atoms with Crippen molar-refractivity contribution >= 4 is 44.5 Å². The van der Waals surface area contributed by atoms with Crippen molar-refractivity contribution in [1.29, 1.82) is 0 Å². The zero-order valence-corrected chi connectivity index (χ0v) is 15.6. The van der Waals surface area contributed by atoms with Crippen molar-refractivity contribution in [2.24, 2.45) is 0 Å². The maximum Gasteiger partial charge on any atom is 0.275 e. The quantitative estimate of drug-likeness (QED) is 0.553. The summed E-state index contributed by atoms with van der Waals surface area (Å²) in [6.07, 6.45) is 1.93. The zero-order chi connectivity index (χ0) is 18.5. The lowest BCUT2D eigenvalue weighted by Gasteiger charge is -2.16. The lowest BCUT2D eigenvalue weighted by atomic mass is 10.1. The molecule has 0 fully saturated rings. The Morgan fingerprint density at radius 3 is 2.67 bits per heavy atom. The Morgan fingerprint density at radius 1 is 1.04 bits per heavy atom. The summed E-state index contributed by atoms with van der Waals surface area (Å²) in [6.45, 7) is 2.77. The van der Waals surface area contributed by atoms with Gasteiger partial charge in [0.1, 0.15) is 4.53 Å². The third kappa shape index (κ3) is 2.26. The summed E-state index contributed by atoms with van der Waals surface area (Å²) >= 11 is 1.29. The fourth-order valence-corrected chi connectivity index (χ4v) is 4.78. The number of hydrogen-bond donors (Lipinski definition) is 0. The molecule has 0 saturated carbocycles. The van der Waals surface area contributed by atoms with Crippen LogP contribution in [0.5, 0.6) is 0 Å². The van der Waals surface area contributed by atoms with Crippen LogP contribution in [0.15, 0.2) is 53.3 Å². The van der Waals surface area contributed by atoms with E-state index in [2.05, 4.69) is 11.9 Å². The van der Waals surface area contributed by atoms with Crippen molar-refractivity contribution in [1.82, 2.24) is 9.38 Å². The topological polar surface area (TPSA) is 54.7 Å². The Labute approximate surface area is 159 Å². The van der Waals surface area contributed by atoms with Gasteiger partial charge in [0, 0.05) is 12.1 Å². The minimum atomic E-state index is -0.167. The maximum atomic E-state index is 13.2. The van der Waals surface area contributed by atoms with E-state index in [1.165, 1.54) is 11.3 Å². The number of unbranched alkanes of at least 4 members (excludes halogenated alkanes) is 1. The van der Waals surface area contributed by atoms with Crippen LogP contribution in [0.2, 0.25) is 0 Å².